The second kappa shape index (κ2) is 6.75. The predicted molar refractivity (Wildman–Crippen MR) is 134 cm³/mol. The Morgan fingerprint density at radius 1 is 1.00 bits per heavy atom. The third-order valence-corrected chi connectivity index (χ3v) is 9.41. The lowest BCUT2D eigenvalue weighted by molar-refractivity contribution is 0.0198. The van der Waals surface area contributed by atoms with Gasteiger partial charge in [-0.25, -0.2) is 4.79 Å². The molecule has 2 aliphatic heterocycles. The minimum atomic E-state index is -1.02. The van der Waals surface area contributed by atoms with Crippen molar-refractivity contribution in [2.75, 3.05) is 0 Å². The predicted octanol–water partition coefficient (Wildman–Crippen LogP) is 7.31. The van der Waals surface area contributed by atoms with Crippen LogP contribution in [0.3, 0.4) is 0 Å². The smallest absolute Gasteiger partial charge is 0.340 e. The molecule has 1 fully saturated rings. The van der Waals surface area contributed by atoms with Crippen LogP contribution >= 0.6 is 0 Å². The van der Waals surface area contributed by atoms with Crippen LogP contribution < -0.4 is 0 Å². The van der Waals surface area contributed by atoms with Gasteiger partial charge in [0.1, 0.15) is 11.5 Å². The minimum Gasteiger partial charge on any atom is -0.456 e. The molecule has 3 heteroatoms. The molecule has 6 rings (SSSR count). The van der Waals surface area contributed by atoms with E-state index in [4.69, 9.17) is 9.47 Å². The zero-order valence-electron chi connectivity index (χ0n) is 20.9. The zero-order valence-corrected chi connectivity index (χ0v) is 20.9. The van der Waals surface area contributed by atoms with Crippen LogP contribution in [0.25, 0.3) is 0 Å². The Bertz CT molecular complexity index is 1330. The van der Waals surface area contributed by atoms with Gasteiger partial charge >= 0.3 is 5.97 Å². The van der Waals surface area contributed by atoms with Crippen molar-refractivity contribution in [1.29, 1.82) is 0 Å². The van der Waals surface area contributed by atoms with Gasteiger partial charge in [0.05, 0.1) is 5.56 Å². The van der Waals surface area contributed by atoms with Crippen LogP contribution in [-0.2, 0) is 15.1 Å². The van der Waals surface area contributed by atoms with Gasteiger partial charge < -0.3 is 9.47 Å². The van der Waals surface area contributed by atoms with E-state index in [2.05, 4.69) is 78.0 Å². The first-order valence-electron chi connectivity index (χ1n) is 12.4. The van der Waals surface area contributed by atoms with Gasteiger partial charge in [-0.2, -0.15) is 0 Å². The number of esters is 1. The van der Waals surface area contributed by atoms with Crippen molar-refractivity contribution in [3.63, 3.8) is 0 Å². The van der Waals surface area contributed by atoms with Crippen LogP contribution in [0.4, 0.5) is 0 Å². The Morgan fingerprint density at radius 3 is 2.38 bits per heavy atom. The third kappa shape index (κ3) is 2.50. The fourth-order valence-electron chi connectivity index (χ4n) is 6.19. The molecule has 1 aromatic carbocycles. The summed E-state index contributed by atoms with van der Waals surface area (Å²) in [5.41, 5.74) is 4.81. The summed E-state index contributed by atoms with van der Waals surface area (Å²) in [6.07, 6.45) is 14.2. The number of fused-ring (bicyclic) bond motifs is 5. The Kier molecular flexibility index (Phi) is 4.26. The lowest BCUT2D eigenvalue weighted by atomic mass is 9.58. The molecule has 1 spiro atoms. The number of rotatable bonds is 1. The van der Waals surface area contributed by atoms with Gasteiger partial charge in [0, 0.05) is 27.5 Å². The van der Waals surface area contributed by atoms with Crippen molar-refractivity contribution >= 4 is 5.97 Å². The quantitative estimate of drug-likeness (QED) is 0.419. The fourth-order valence-corrected chi connectivity index (χ4v) is 6.19. The van der Waals surface area contributed by atoms with Gasteiger partial charge in [-0.3, -0.25) is 0 Å². The lowest BCUT2D eigenvalue weighted by Gasteiger charge is -2.46. The van der Waals surface area contributed by atoms with E-state index in [0.717, 1.165) is 34.6 Å². The number of benzene rings is 1. The second-order valence-electron chi connectivity index (χ2n) is 11.3. The summed E-state index contributed by atoms with van der Waals surface area (Å²) in [4.78, 5) is 13.3. The third-order valence-electron chi connectivity index (χ3n) is 9.41. The molecule has 0 amide bonds. The summed E-state index contributed by atoms with van der Waals surface area (Å²) in [5, 5.41) is 0. The van der Waals surface area contributed by atoms with E-state index in [9.17, 15) is 4.79 Å². The first kappa shape index (κ1) is 21.5. The number of hydrogen-bond donors (Lipinski definition) is 0. The Labute approximate surface area is 202 Å². The zero-order chi connectivity index (χ0) is 24.0. The average molecular weight is 453 g/mol. The molecule has 0 saturated heterocycles. The van der Waals surface area contributed by atoms with Gasteiger partial charge in [-0.15, -0.1) is 0 Å². The lowest BCUT2D eigenvalue weighted by Crippen LogP contribution is -2.38. The Hall–Kier alpha value is -3.07. The highest BCUT2D eigenvalue weighted by atomic mass is 16.6. The molecule has 34 heavy (non-hydrogen) atoms. The SMILES string of the molecule is CC1=CC2=C(C=CC1(C)C(C)C)OC1=C(C=C3CC(C)C3(C)C=C1)C21OC(=O)c2ccccc21. The molecule has 0 radical (unpaired) electrons. The molecule has 0 aromatic heterocycles. The van der Waals surface area contributed by atoms with Crippen molar-refractivity contribution < 1.29 is 14.3 Å². The van der Waals surface area contributed by atoms with Gasteiger partial charge in [-0.05, 0) is 43.4 Å². The Balaban J connectivity index is 1.65. The van der Waals surface area contributed by atoms with Gasteiger partial charge in [0.15, 0.2) is 5.60 Å². The number of allylic oxidation sites excluding steroid dienone is 6. The van der Waals surface area contributed by atoms with Crippen LogP contribution in [0, 0.1) is 22.7 Å². The number of carbonyl (C=O) groups excluding carboxylic acids is 1. The summed E-state index contributed by atoms with van der Waals surface area (Å²) in [5.74, 6) is 2.20. The largest absolute Gasteiger partial charge is 0.456 e. The van der Waals surface area contributed by atoms with Crippen molar-refractivity contribution in [2.45, 2.75) is 53.6 Å². The van der Waals surface area contributed by atoms with Crippen molar-refractivity contribution in [2.24, 2.45) is 22.7 Å². The molecule has 1 saturated carbocycles. The first-order valence-corrected chi connectivity index (χ1v) is 12.4. The molecule has 4 unspecified atom stereocenters. The first-order chi connectivity index (χ1) is 16.1. The maximum absolute atomic E-state index is 13.3. The molecule has 1 aromatic rings. The van der Waals surface area contributed by atoms with Crippen LogP contribution in [0.1, 0.15) is 63.9 Å². The molecule has 0 N–H and O–H groups in total. The van der Waals surface area contributed by atoms with E-state index in [1.54, 1.807) is 0 Å². The van der Waals surface area contributed by atoms with E-state index >= 15 is 0 Å². The van der Waals surface area contributed by atoms with E-state index < -0.39 is 5.60 Å². The number of ether oxygens (including phenoxy) is 2. The van der Waals surface area contributed by atoms with E-state index in [1.165, 1.54) is 11.1 Å². The molecule has 0 bridgehead atoms. The van der Waals surface area contributed by atoms with Crippen LogP contribution in [-0.4, -0.2) is 5.97 Å². The minimum absolute atomic E-state index is 0.000767. The second-order valence-corrected chi connectivity index (χ2v) is 11.3. The molecular weight excluding hydrogens is 420 g/mol. The summed E-state index contributed by atoms with van der Waals surface area (Å²) >= 11 is 0. The van der Waals surface area contributed by atoms with Gasteiger partial charge in [-0.1, -0.05) is 88.3 Å². The Morgan fingerprint density at radius 2 is 1.68 bits per heavy atom. The topological polar surface area (TPSA) is 35.5 Å². The number of hydrogen-bond acceptors (Lipinski definition) is 3. The molecule has 3 nitrogen and oxygen atoms in total. The maximum atomic E-state index is 13.3. The summed E-state index contributed by atoms with van der Waals surface area (Å²) < 4.78 is 13.1. The highest BCUT2D eigenvalue weighted by molar-refractivity contribution is 5.97. The molecule has 5 aliphatic rings. The normalized spacial score (nSPS) is 35.4. The fraction of sp³-hybridized carbons (Fsp3) is 0.387. The standard InChI is InChI=1S/C31H32O3/c1-18(2)29(5)13-11-26-24(16-20(29)4)31(23-10-8-7-9-22(23)28(32)34-31)25-17-21-15-19(3)30(21,6)14-12-27(25)33-26/h7-14,16-19H,15H2,1-6H3. The van der Waals surface area contributed by atoms with E-state index in [-0.39, 0.29) is 16.8 Å². The maximum Gasteiger partial charge on any atom is 0.340 e. The van der Waals surface area contributed by atoms with Gasteiger partial charge in [0.2, 0.25) is 0 Å². The van der Waals surface area contributed by atoms with Crippen LogP contribution in [0.5, 0.6) is 0 Å². The summed E-state index contributed by atoms with van der Waals surface area (Å²) in [6.45, 7) is 13.5. The van der Waals surface area contributed by atoms with Gasteiger partial charge in [0.25, 0.3) is 0 Å². The molecular formula is C31H32O3. The van der Waals surface area contributed by atoms with Crippen molar-refractivity contribution in [3.8, 4) is 0 Å². The van der Waals surface area contributed by atoms with Crippen molar-refractivity contribution in [3.05, 3.63) is 106 Å². The molecule has 174 valence electrons. The summed E-state index contributed by atoms with van der Waals surface area (Å²) in [6, 6.07) is 7.81. The summed E-state index contributed by atoms with van der Waals surface area (Å²) in [7, 11) is 0. The van der Waals surface area contributed by atoms with Crippen molar-refractivity contribution in [1.82, 2.24) is 0 Å². The van der Waals surface area contributed by atoms with E-state index in [0.29, 0.717) is 17.4 Å². The molecule has 2 heterocycles. The highest BCUT2D eigenvalue weighted by Gasteiger charge is 2.56. The average Bonchev–Trinajstić information content (AvgIpc) is 2.95. The van der Waals surface area contributed by atoms with Crippen LogP contribution in [0.2, 0.25) is 0 Å². The molecule has 4 atom stereocenters. The van der Waals surface area contributed by atoms with E-state index in [1.807, 2.05) is 24.3 Å². The monoisotopic (exact) mass is 452 g/mol. The molecule has 3 aliphatic carbocycles. The number of carbonyl (C=O) groups is 1. The highest BCUT2D eigenvalue weighted by Crippen LogP contribution is 2.60. The van der Waals surface area contributed by atoms with Crippen LogP contribution in [0.15, 0.2) is 94.5 Å².